The highest BCUT2D eigenvalue weighted by Crippen LogP contribution is 2.33. The summed E-state index contributed by atoms with van der Waals surface area (Å²) in [6.07, 6.45) is 2.35. The zero-order valence-corrected chi connectivity index (χ0v) is 16.6. The van der Waals surface area contributed by atoms with Crippen LogP contribution in [0.5, 0.6) is 0 Å². The number of unbranched alkanes of at least 4 members (excludes halogenated alkanes) is 1. The number of nitrogens with two attached hydrogens (primary N) is 1. The molecule has 2 saturated heterocycles. The van der Waals surface area contributed by atoms with Crippen molar-refractivity contribution < 1.29 is 28.4 Å². The van der Waals surface area contributed by atoms with E-state index in [1.54, 1.807) is 0 Å². The normalized spacial score (nSPS) is 27.1. The van der Waals surface area contributed by atoms with Crippen molar-refractivity contribution in [2.75, 3.05) is 32.7 Å². The van der Waals surface area contributed by atoms with Gasteiger partial charge in [-0.05, 0) is 19.2 Å². The lowest BCUT2D eigenvalue weighted by Crippen LogP contribution is -2.62. The highest BCUT2D eigenvalue weighted by atomic mass is 32.2. The molecule has 0 aliphatic carbocycles. The van der Waals surface area contributed by atoms with Gasteiger partial charge in [0.25, 0.3) is 10.2 Å². The molecule has 0 aromatic carbocycles. The van der Waals surface area contributed by atoms with E-state index in [-0.39, 0.29) is 25.5 Å². The quantitative estimate of drug-likeness (QED) is 0.254. The minimum absolute atomic E-state index is 0.0232. The van der Waals surface area contributed by atoms with Crippen LogP contribution in [0.1, 0.15) is 32.6 Å². The first kappa shape index (κ1) is 22.5. The number of carboxylic acid groups (broad SMARTS) is 1. The number of nitrogens with one attached hydrogen (secondary N) is 1. The van der Waals surface area contributed by atoms with Crippen LogP contribution in [0, 0.1) is 5.92 Å². The Kier molecular flexibility index (Phi) is 7.65. The van der Waals surface area contributed by atoms with Gasteiger partial charge < -0.3 is 26.2 Å². The Morgan fingerprint density at radius 1 is 1.37 bits per heavy atom. The first-order valence-corrected chi connectivity index (χ1v) is 10.9. The van der Waals surface area contributed by atoms with Crippen LogP contribution >= 0.6 is 0 Å². The highest BCUT2D eigenvalue weighted by molar-refractivity contribution is 7.86. The Hall–Kier alpha value is -0.755. The number of carboxylic acids is 1. The third-order valence-corrected chi connectivity index (χ3v) is 7.53. The van der Waals surface area contributed by atoms with E-state index >= 15 is 0 Å². The fourth-order valence-electron chi connectivity index (χ4n) is 3.63. The fourth-order valence-corrected chi connectivity index (χ4v) is 5.56. The van der Waals surface area contributed by atoms with Crippen molar-refractivity contribution in [2.45, 2.75) is 50.5 Å². The van der Waals surface area contributed by atoms with Crippen LogP contribution in [0.3, 0.4) is 0 Å². The smallest absolute Gasteiger partial charge is 0.451 e. The van der Waals surface area contributed by atoms with Gasteiger partial charge >= 0.3 is 13.1 Å². The highest BCUT2D eigenvalue weighted by Gasteiger charge is 2.53. The van der Waals surface area contributed by atoms with Gasteiger partial charge in [-0.25, -0.2) is 0 Å². The second-order valence-corrected chi connectivity index (χ2v) is 9.41. The first-order chi connectivity index (χ1) is 12.6. The molecule has 6 N–H and O–H groups in total. The largest absolute Gasteiger partial charge is 0.480 e. The topological polar surface area (TPSA) is 156 Å². The summed E-state index contributed by atoms with van der Waals surface area (Å²) in [5.74, 6) is -1.82. The molecule has 2 fully saturated rings. The van der Waals surface area contributed by atoms with Crippen LogP contribution in [0.25, 0.3) is 0 Å². The predicted molar refractivity (Wildman–Crippen MR) is 101 cm³/mol. The van der Waals surface area contributed by atoms with Gasteiger partial charge in [0, 0.05) is 38.6 Å². The molecule has 156 valence electrons. The van der Waals surface area contributed by atoms with Crippen molar-refractivity contribution in [1.82, 2.24) is 13.9 Å². The lowest BCUT2D eigenvalue weighted by atomic mass is 9.78. The number of hydrogen-bond donors (Lipinski definition) is 5. The van der Waals surface area contributed by atoms with Gasteiger partial charge in [0.1, 0.15) is 5.54 Å². The van der Waals surface area contributed by atoms with Crippen LogP contribution < -0.4 is 11.1 Å². The lowest BCUT2D eigenvalue weighted by Gasteiger charge is -2.39. The molecule has 10 nitrogen and oxygen atoms in total. The van der Waals surface area contributed by atoms with E-state index in [4.69, 9.17) is 15.8 Å². The lowest BCUT2D eigenvalue weighted by molar-refractivity contribution is -0.144. The summed E-state index contributed by atoms with van der Waals surface area (Å²) in [4.78, 5) is 11.8. The molecule has 2 heterocycles. The Labute approximate surface area is 161 Å². The van der Waals surface area contributed by atoms with Crippen molar-refractivity contribution in [3.8, 4) is 0 Å². The van der Waals surface area contributed by atoms with Crippen molar-refractivity contribution in [2.24, 2.45) is 11.7 Å². The molecular formula is C15H31BN4O6S. The third-order valence-electron chi connectivity index (χ3n) is 5.53. The molecule has 0 aromatic rings. The van der Waals surface area contributed by atoms with Crippen LogP contribution in [0.2, 0.25) is 6.32 Å². The predicted octanol–water partition coefficient (Wildman–Crippen LogP) is -1.73. The van der Waals surface area contributed by atoms with E-state index in [9.17, 15) is 18.3 Å². The minimum Gasteiger partial charge on any atom is -0.480 e. The molecule has 0 radical (unpaired) electrons. The minimum atomic E-state index is -3.83. The standard InChI is InChI=1S/C15H31BN4O6S/c1-2-3-7-20(13-8-18-9-13)27(25,26)19-10-12(5-4-6-16(23)24)15(17,11-19)14(21)22/h12-13,18,23-24H,2-11,17H2,1H3,(H,21,22)/t12-,15-/m0/s1. The molecule has 2 aliphatic heterocycles. The van der Waals surface area contributed by atoms with Gasteiger partial charge in [0.2, 0.25) is 0 Å². The number of carbonyl (C=O) groups is 1. The average Bonchev–Trinajstić information content (AvgIpc) is 2.88. The summed E-state index contributed by atoms with van der Waals surface area (Å²) >= 11 is 0. The Morgan fingerprint density at radius 2 is 2.04 bits per heavy atom. The maximum Gasteiger partial charge on any atom is 0.451 e. The van der Waals surface area contributed by atoms with E-state index in [0.29, 0.717) is 32.5 Å². The van der Waals surface area contributed by atoms with Gasteiger partial charge in [-0.3, -0.25) is 4.79 Å². The van der Waals surface area contributed by atoms with Crippen LogP contribution in [0.4, 0.5) is 0 Å². The van der Waals surface area contributed by atoms with Gasteiger partial charge in [0.05, 0.1) is 6.04 Å². The van der Waals surface area contributed by atoms with E-state index < -0.39 is 34.8 Å². The van der Waals surface area contributed by atoms with E-state index in [1.807, 2.05) is 6.92 Å². The summed E-state index contributed by atoms with van der Waals surface area (Å²) in [7, 11) is -5.30. The molecule has 0 saturated carbocycles. The Balaban J connectivity index is 2.16. The molecule has 0 bridgehead atoms. The molecular weight excluding hydrogens is 375 g/mol. The average molecular weight is 406 g/mol. The molecule has 0 amide bonds. The molecule has 12 heteroatoms. The summed E-state index contributed by atoms with van der Waals surface area (Å²) in [6, 6.07) is -0.123. The van der Waals surface area contributed by atoms with Crippen LogP contribution in [-0.2, 0) is 15.0 Å². The zero-order valence-electron chi connectivity index (χ0n) is 15.7. The monoisotopic (exact) mass is 406 g/mol. The first-order valence-electron chi connectivity index (χ1n) is 9.49. The van der Waals surface area contributed by atoms with E-state index in [0.717, 1.165) is 12.8 Å². The summed E-state index contributed by atoms with van der Waals surface area (Å²) in [6.45, 7) is 3.30. The molecule has 27 heavy (non-hydrogen) atoms. The Bertz CT molecular complexity index is 617. The van der Waals surface area contributed by atoms with E-state index in [1.165, 1.54) is 8.61 Å². The number of nitrogens with zero attached hydrogens (tertiary/aromatic N) is 2. The maximum absolute atomic E-state index is 13.2. The molecule has 0 unspecified atom stereocenters. The third kappa shape index (κ3) is 5.00. The zero-order chi connectivity index (χ0) is 20.2. The van der Waals surface area contributed by atoms with Crippen molar-refractivity contribution in [1.29, 1.82) is 0 Å². The number of aliphatic carboxylic acids is 1. The summed E-state index contributed by atoms with van der Waals surface area (Å²) in [5, 5.41) is 30.7. The van der Waals surface area contributed by atoms with Gasteiger partial charge in [-0.15, -0.1) is 0 Å². The molecule has 2 atom stereocenters. The summed E-state index contributed by atoms with van der Waals surface area (Å²) < 4.78 is 29.1. The van der Waals surface area contributed by atoms with Crippen molar-refractivity contribution >= 4 is 23.3 Å². The van der Waals surface area contributed by atoms with Crippen LogP contribution in [0.15, 0.2) is 0 Å². The van der Waals surface area contributed by atoms with Gasteiger partial charge in [-0.1, -0.05) is 19.8 Å². The molecule has 2 aliphatic rings. The molecule has 2 rings (SSSR count). The molecule has 0 spiro atoms. The molecule has 0 aromatic heterocycles. The number of rotatable bonds is 11. The fraction of sp³-hybridized carbons (Fsp3) is 0.933. The summed E-state index contributed by atoms with van der Waals surface area (Å²) in [5.41, 5.74) is 4.43. The number of hydrogen-bond acceptors (Lipinski definition) is 7. The second-order valence-electron chi connectivity index (χ2n) is 7.53. The van der Waals surface area contributed by atoms with Crippen molar-refractivity contribution in [3.05, 3.63) is 0 Å². The van der Waals surface area contributed by atoms with Crippen LogP contribution in [-0.4, -0.2) is 89.6 Å². The van der Waals surface area contributed by atoms with Gasteiger partial charge in [0.15, 0.2) is 0 Å². The van der Waals surface area contributed by atoms with Crippen molar-refractivity contribution in [3.63, 3.8) is 0 Å². The van der Waals surface area contributed by atoms with E-state index in [2.05, 4.69) is 5.32 Å². The Morgan fingerprint density at radius 3 is 2.52 bits per heavy atom. The maximum atomic E-state index is 13.2. The SMILES string of the molecule is CCCCN(C1CNC1)S(=O)(=O)N1C[C@H](CCCB(O)O)[C@](N)(C(=O)O)C1. The van der Waals surface area contributed by atoms with Gasteiger partial charge in [-0.2, -0.15) is 17.0 Å². The second kappa shape index (κ2) is 9.16.